The van der Waals surface area contributed by atoms with Gasteiger partial charge in [-0.05, 0) is 18.2 Å². The third kappa shape index (κ3) is 2.30. The Hall–Kier alpha value is -2.20. The maximum atomic E-state index is 12.5. The third-order valence-electron chi connectivity index (χ3n) is 3.07. The number of fused-ring (bicyclic) bond motifs is 1. The van der Waals surface area contributed by atoms with E-state index in [1.165, 1.54) is 18.2 Å². The van der Waals surface area contributed by atoms with Crippen molar-refractivity contribution in [3.63, 3.8) is 0 Å². The summed E-state index contributed by atoms with van der Waals surface area (Å²) in [6, 6.07) is 15.0. The lowest BCUT2D eigenvalue weighted by molar-refractivity contribution is 0.103. The Morgan fingerprint density at radius 1 is 1.15 bits per heavy atom. The van der Waals surface area contributed by atoms with E-state index in [-0.39, 0.29) is 5.78 Å². The summed E-state index contributed by atoms with van der Waals surface area (Å²) in [5.74, 6) is -0.0225. The molecule has 4 heteroatoms. The van der Waals surface area contributed by atoms with E-state index in [0.717, 1.165) is 16.7 Å². The van der Waals surface area contributed by atoms with Gasteiger partial charge in [0.15, 0.2) is 5.78 Å². The fraction of sp³-hybridized carbons (Fsp3) is 0.0625. The first-order valence-electron chi connectivity index (χ1n) is 6.19. The van der Waals surface area contributed by atoms with Crippen molar-refractivity contribution in [2.45, 2.75) is 0 Å². The maximum absolute atomic E-state index is 12.5. The van der Waals surface area contributed by atoms with Gasteiger partial charge in [-0.1, -0.05) is 42.3 Å². The minimum atomic E-state index is -0.0225. The Morgan fingerprint density at radius 3 is 2.70 bits per heavy atom. The number of nitrogens with one attached hydrogen (secondary N) is 1. The van der Waals surface area contributed by atoms with Crippen LogP contribution < -0.4 is 4.72 Å². The summed E-state index contributed by atoms with van der Waals surface area (Å²) < 4.78 is 8.63. The predicted molar refractivity (Wildman–Crippen MR) is 83.2 cm³/mol. The second kappa shape index (κ2) is 5.43. The average molecular weight is 283 g/mol. The molecule has 0 atom stereocenters. The molecule has 0 aliphatic rings. The number of carbonyl (C=O) groups is 1. The van der Waals surface area contributed by atoms with Gasteiger partial charge in [-0.2, -0.15) is 0 Å². The molecule has 100 valence electrons. The van der Waals surface area contributed by atoms with Crippen molar-refractivity contribution in [3.05, 3.63) is 65.9 Å². The van der Waals surface area contributed by atoms with Gasteiger partial charge in [-0.25, -0.2) is 0 Å². The lowest BCUT2D eigenvalue weighted by atomic mass is 10.0. The number of benzene rings is 2. The van der Waals surface area contributed by atoms with Crippen molar-refractivity contribution in [3.8, 4) is 0 Å². The molecule has 1 heterocycles. The maximum Gasteiger partial charge on any atom is 0.196 e. The summed E-state index contributed by atoms with van der Waals surface area (Å²) in [7, 11) is 0. The molecule has 1 aromatic heterocycles. The van der Waals surface area contributed by atoms with Gasteiger partial charge in [0.1, 0.15) is 11.8 Å². The van der Waals surface area contributed by atoms with E-state index in [2.05, 4.69) is 4.72 Å². The Morgan fingerprint density at radius 2 is 1.95 bits per heavy atom. The molecule has 1 N–H and O–H groups in total. The van der Waals surface area contributed by atoms with E-state index in [4.69, 9.17) is 4.42 Å². The number of carbonyl (C=O) groups excluding carboxylic acids is 1. The highest BCUT2D eigenvalue weighted by Gasteiger charge is 2.15. The van der Waals surface area contributed by atoms with E-state index in [9.17, 15) is 4.79 Å². The van der Waals surface area contributed by atoms with Crippen LogP contribution >= 0.6 is 11.9 Å². The van der Waals surface area contributed by atoms with Crippen LogP contribution in [0.25, 0.3) is 11.0 Å². The summed E-state index contributed by atoms with van der Waals surface area (Å²) in [6.07, 6.45) is 3.48. The monoisotopic (exact) mass is 283 g/mol. The van der Waals surface area contributed by atoms with Gasteiger partial charge < -0.3 is 9.14 Å². The molecule has 0 radical (unpaired) electrons. The topological polar surface area (TPSA) is 42.2 Å². The molecule has 20 heavy (non-hydrogen) atoms. The highest BCUT2D eigenvalue weighted by molar-refractivity contribution is 7.99. The van der Waals surface area contributed by atoms with Crippen LogP contribution in [0, 0.1) is 0 Å². The molecule has 0 aliphatic heterocycles. The molecule has 0 fully saturated rings. The van der Waals surface area contributed by atoms with Gasteiger partial charge in [0.05, 0.1) is 5.56 Å². The molecular weight excluding hydrogens is 270 g/mol. The lowest BCUT2D eigenvalue weighted by Crippen LogP contribution is -1.99. The predicted octanol–water partition coefficient (Wildman–Crippen LogP) is 4.35. The molecule has 3 aromatic rings. The lowest BCUT2D eigenvalue weighted by Gasteiger charge is -2.02. The van der Waals surface area contributed by atoms with Crippen molar-refractivity contribution in [2.75, 3.05) is 11.0 Å². The first kappa shape index (κ1) is 12.8. The van der Waals surface area contributed by atoms with E-state index in [0.29, 0.717) is 11.1 Å². The second-order valence-electron chi connectivity index (χ2n) is 4.36. The number of furan rings is 1. The van der Waals surface area contributed by atoms with Crippen LogP contribution in [0.1, 0.15) is 15.9 Å². The Bertz CT molecular complexity index is 750. The van der Waals surface area contributed by atoms with Crippen molar-refractivity contribution >= 4 is 34.4 Å². The fourth-order valence-corrected chi connectivity index (χ4v) is 2.49. The van der Waals surface area contributed by atoms with E-state index in [1.807, 2.05) is 54.8 Å². The van der Waals surface area contributed by atoms with Gasteiger partial charge in [0.2, 0.25) is 0 Å². The van der Waals surface area contributed by atoms with Gasteiger partial charge in [0.25, 0.3) is 0 Å². The highest BCUT2D eigenvalue weighted by atomic mass is 32.2. The standard InChI is InChI=1S/C16H13NO2S/c1-20-17-12-7-8-15-13(9-12)14(10-19-15)16(18)11-5-3-2-4-6-11/h2-10,17H,1H3. The van der Waals surface area contributed by atoms with Crippen LogP contribution in [-0.2, 0) is 0 Å². The quantitative estimate of drug-likeness (QED) is 0.571. The van der Waals surface area contributed by atoms with Crippen LogP contribution in [0.5, 0.6) is 0 Å². The minimum absolute atomic E-state index is 0.0225. The molecule has 0 amide bonds. The van der Waals surface area contributed by atoms with E-state index < -0.39 is 0 Å². The summed E-state index contributed by atoms with van der Waals surface area (Å²) in [5.41, 5.74) is 2.93. The molecule has 3 rings (SSSR count). The minimum Gasteiger partial charge on any atom is -0.464 e. The van der Waals surface area contributed by atoms with Gasteiger partial charge in [-0.15, -0.1) is 0 Å². The summed E-state index contributed by atoms with van der Waals surface area (Å²) in [6.45, 7) is 0. The fourth-order valence-electron chi connectivity index (χ4n) is 2.13. The molecule has 2 aromatic carbocycles. The summed E-state index contributed by atoms with van der Waals surface area (Å²) in [5, 5.41) is 0.831. The zero-order valence-corrected chi connectivity index (χ0v) is 11.7. The largest absolute Gasteiger partial charge is 0.464 e. The number of hydrogen-bond acceptors (Lipinski definition) is 4. The smallest absolute Gasteiger partial charge is 0.196 e. The van der Waals surface area contributed by atoms with Gasteiger partial charge in [-0.3, -0.25) is 4.79 Å². The first-order valence-corrected chi connectivity index (χ1v) is 7.42. The van der Waals surface area contributed by atoms with Crippen molar-refractivity contribution in [1.82, 2.24) is 0 Å². The molecule has 0 saturated heterocycles. The number of anilines is 1. The molecule has 0 bridgehead atoms. The molecule has 0 aliphatic carbocycles. The normalized spacial score (nSPS) is 10.7. The summed E-state index contributed by atoms with van der Waals surface area (Å²) in [4.78, 5) is 12.5. The third-order valence-corrected chi connectivity index (χ3v) is 3.51. The Balaban J connectivity index is 2.07. The van der Waals surface area contributed by atoms with Crippen LogP contribution in [0.4, 0.5) is 5.69 Å². The van der Waals surface area contributed by atoms with Crippen LogP contribution in [0.15, 0.2) is 59.2 Å². The SMILES string of the molecule is CSNc1ccc2occ(C(=O)c3ccccc3)c2c1. The molecule has 0 unspecified atom stereocenters. The highest BCUT2D eigenvalue weighted by Crippen LogP contribution is 2.27. The van der Waals surface area contributed by atoms with E-state index >= 15 is 0 Å². The number of hydrogen-bond donors (Lipinski definition) is 1. The van der Waals surface area contributed by atoms with Crippen molar-refractivity contribution < 1.29 is 9.21 Å². The zero-order valence-electron chi connectivity index (χ0n) is 10.9. The second-order valence-corrected chi connectivity index (χ2v) is 4.97. The van der Waals surface area contributed by atoms with Crippen LogP contribution in [0.3, 0.4) is 0 Å². The Kier molecular flexibility index (Phi) is 3.48. The molecule has 3 nitrogen and oxygen atoms in total. The van der Waals surface area contributed by atoms with E-state index in [1.54, 1.807) is 0 Å². The van der Waals surface area contributed by atoms with Crippen molar-refractivity contribution in [1.29, 1.82) is 0 Å². The molecule has 0 spiro atoms. The number of rotatable bonds is 4. The average Bonchev–Trinajstić information content (AvgIpc) is 2.91. The molecule has 0 saturated carbocycles. The van der Waals surface area contributed by atoms with Gasteiger partial charge in [0, 0.05) is 22.9 Å². The van der Waals surface area contributed by atoms with Crippen molar-refractivity contribution in [2.24, 2.45) is 0 Å². The summed E-state index contributed by atoms with van der Waals surface area (Å²) >= 11 is 1.51. The molecular formula is C16H13NO2S. The number of ketones is 1. The Labute approximate surface area is 121 Å². The van der Waals surface area contributed by atoms with Crippen LogP contribution in [-0.4, -0.2) is 12.0 Å². The van der Waals surface area contributed by atoms with Crippen LogP contribution in [0.2, 0.25) is 0 Å². The van der Waals surface area contributed by atoms with Gasteiger partial charge >= 0.3 is 0 Å². The zero-order chi connectivity index (χ0) is 13.9. The first-order chi connectivity index (χ1) is 9.79.